The molecule has 13 heteroatoms. The Balaban J connectivity index is 1.25. The first kappa shape index (κ1) is 27.1. The standard InChI is InChI=1S/C29H22F5N7O/c30-23-4-2-17(10-24(23)31)13-38-28(42)22-11-19(29(32,33)34)14-37-26(22)36-12-16-1-3-20-18(9-16)5-7-35-27-25-21(20)6-8-41(25)40-15-39-27/h1-4,6,8-11,14-15H,5,7,12-13H2,(H,36,37)(H,38,42)(H,35,39,40). The van der Waals surface area contributed by atoms with Crippen LogP contribution in [0.4, 0.5) is 33.6 Å². The number of hydrogen-bond donors (Lipinski definition) is 3. The molecule has 1 aliphatic heterocycles. The van der Waals surface area contributed by atoms with Crippen molar-refractivity contribution in [2.45, 2.75) is 25.7 Å². The van der Waals surface area contributed by atoms with E-state index >= 15 is 0 Å². The van der Waals surface area contributed by atoms with E-state index in [1.54, 1.807) is 4.52 Å². The molecule has 0 spiro atoms. The summed E-state index contributed by atoms with van der Waals surface area (Å²) in [4.78, 5) is 21.2. The molecule has 6 rings (SSSR count). The van der Waals surface area contributed by atoms with Crippen LogP contribution in [0.15, 0.2) is 67.3 Å². The van der Waals surface area contributed by atoms with Gasteiger partial charge in [-0.2, -0.15) is 18.3 Å². The molecular formula is C29H22F5N7O. The van der Waals surface area contributed by atoms with Crippen LogP contribution in [0.5, 0.6) is 0 Å². The van der Waals surface area contributed by atoms with E-state index in [9.17, 15) is 26.7 Å². The van der Waals surface area contributed by atoms with Gasteiger partial charge in [-0.1, -0.05) is 24.3 Å². The number of fused-ring (bicyclic) bond motifs is 2. The molecule has 3 aromatic heterocycles. The number of amides is 1. The van der Waals surface area contributed by atoms with Crippen molar-refractivity contribution in [2.24, 2.45) is 0 Å². The number of anilines is 2. The van der Waals surface area contributed by atoms with Crippen LogP contribution in [0.2, 0.25) is 0 Å². The lowest BCUT2D eigenvalue weighted by molar-refractivity contribution is -0.137. The van der Waals surface area contributed by atoms with Gasteiger partial charge in [-0.3, -0.25) is 4.79 Å². The van der Waals surface area contributed by atoms with Crippen LogP contribution in [0.3, 0.4) is 0 Å². The van der Waals surface area contributed by atoms with Crippen molar-refractivity contribution in [1.82, 2.24) is 24.9 Å². The maximum atomic E-state index is 13.5. The summed E-state index contributed by atoms with van der Waals surface area (Å²) in [5.74, 6) is -2.33. The molecule has 0 saturated carbocycles. The van der Waals surface area contributed by atoms with Gasteiger partial charge in [0.15, 0.2) is 17.5 Å². The topological polar surface area (TPSA) is 96.2 Å². The fraction of sp³-hybridized carbons (Fsp3) is 0.172. The third-order valence-corrected chi connectivity index (χ3v) is 6.96. The van der Waals surface area contributed by atoms with Crippen LogP contribution >= 0.6 is 0 Å². The second kappa shape index (κ2) is 10.7. The van der Waals surface area contributed by atoms with Gasteiger partial charge in [0.25, 0.3) is 5.91 Å². The van der Waals surface area contributed by atoms with Crippen LogP contribution in [0, 0.1) is 11.6 Å². The van der Waals surface area contributed by atoms with Crippen LogP contribution in [-0.2, 0) is 25.7 Å². The van der Waals surface area contributed by atoms with Gasteiger partial charge in [-0.15, -0.1) is 0 Å². The molecule has 0 aliphatic carbocycles. The molecule has 1 aliphatic rings. The Kier molecular flexibility index (Phi) is 6.93. The minimum atomic E-state index is -4.72. The van der Waals surface area contributed by atoms with Gasteiger partial charge >= 0.3 is 6.18 Å². The van der Waals surface area contributed by atoms with Crippen LogP contribution in [0.25, 0.3) is 16.6 Å². The van der Waals surface area contributed by atoms with E-state index in [-0.39, 0.29) is 30.0 Å². The number of nitrogens with one attached hydrogen (secondary N) is 3. The first-order valence-corrected chi connectivity index (χ1v) is 12.9. The maximum Gasteiger partial charge on any atom is 0.417 e. The summed E-state index contributed by atoms with van der Waals surface area (Å²) in [6, 6.07) is 11.6. The molecule has 5 aromatic rings. The SMILES string of the molecule is O=C(NCc1ccc(F)c(F)c1)c1cc(C(F)(F)F)cnc1NCc1ccc2c(c1)CCNc1ncnn3ccc-2c13. The molecule has 0 atom stereocenters. The first-order chi connectivity index (χ1) is 20.2. The predicted molar refractivity (Wildman–Crippen MR) is 145 cm³/mol. The Morgan fingerprint density at radius 3 is 2.57 bits per heavy atom. The van der Waals surface area contributed by atoms with E-state index in [0.29, 0.717) is 25.2 Å². The Hall–Kier alpha value is -5.07. The molecule has 0 radical (unpaired) electrons. The van der Waals surface area contributed by atoms with Crippen molar-refractivity contribution in [1.29, 1.82) is 0 Å². The predicted octanol–water partition coefficient (Wildman–Crippen LogP) is 5.60. The van der Waals surface area contributed by atoms with Gasteiger partial charge in [0.05, 0.1) is 11.1 Å². The van der Waals surface area contributed by atoms with Crippen LogP contribution in [0.1, 0.15) is 32.6 Å². The van der Waals surface area contributed by atoms with E-state index in [1.807, 2.05) is 30.5 Å². The summed E-state index contributed by atoms with van der Waals surface area (Å²) in [5.41, 5.74) is 3.52. The summed E-state index contributed by atoms with van der Waals surface area (Å²) >= 11 is 0. The fourth-order valence-corrected chi connectivity index (χ4v) is 4.89. The molecule has 0 saturated heterocycles. The second-order valence-corrected chi connectivity index (χ2v) is 9.70. The molecule has 8 nitrogen and oxygen atoms in total. The van der Waals surface area contributed by atoms with Gasteiger partial charge in [0, 0.05) is 37.6 Å². The van der Waals surface area contributed by atoms with E-state index in [4.69, 9.17) is 0 Å². The number of nitrogens with zero attached hydrogens (tertiary/aromatic N) is 4. The van der Waals surface area contributed by atoms with E-state index in [1.165, 1.54) is 12.4 Å². The monoisotopic (exact) mass is 579 g/mol. The first-order valence-electron chi connectivity index (χ1n) is 12.9. The minimum Gasteiger partial charge on any atom is -0.368 e. The molecule has 0 bridgehead atoms. The minimum absolute atomic E-state index is 0.0561. The molecule has 4 heterocycles. The highest BCUT2D eigenvalue weighted by molar-refractivity contribution is 5.99. The summed E-state index contributed by atoms with van der Waals surface area (Å²) < 4.78 is 68.8. The lowest BCUT2D eigenvalue weighted by Gasteiger charge is -2.18. The van der Waals surface area contributed by atoms with E-state index < -0.39 is 29.3 Å². The molecule has 1 amide bonds. The van der Waals surface area contributed by atoms with Gasteiger partial charge < -0.3 is 16.0 Å². The quantitative estimate of drug-likeness (QED) is 0.227. The molecule has 214 valence electrons. The van der Waals surface area contributed by atoms with Crippen LogP contribution in [-0.4, -0.2) is 32.0 Å². The number of aromatic nitrogens is 4. The zero-order valence-corrected chi connectivity index (χ0v) is 21.8. The molecule has 3 N–H and O–H groups in total. The summed E-state index contributed by atoms with van der Waals surface area (Å²) in [6.45, 7) is 0.573. The second-order valence-electron chi connectivity index (χ2n) is 9.70. The lowest BCUT2D eigenvalue weighted by atomic mass is 9.95. The molecule has 0 fully saturated rings. The molecule has 2 aromatic carbocycles. The Bertz CT molecular complexity index is 1820. The van der Waals surface area contributed by atoms with Crippen molar-refractivity contribution in [3.8, 4) is 11.1 Å². The van der Waals surface area contributed by atoms with Crippen molar-refractivity contribution >= 4 is 23.1 Å². The third kappa shape index (κ3) is 5.32. The van der Waals surface area contributed by atoms with Gasteiger partial charge in [-0.25, -0.2) is 23.3 Å². The highest BCUT2D eigenvalue weighted by Crippen LogP contribution is 2.35. The molecule has 42 heavy (non-hydrogen) atoms. The van der Waals surface area contributed by atoms with Crippen molar-refractivity contribution in [2.75, 3.05) is 17.2 Å². The Morgan fingerprint density at radius 1 is 0.952 bits per heavy atom. The summed E-state index contributed by atoms with van der Waals surface area (Å²) in [7, 11) is 0. The van der Waals surface area contributed by atoms with E-state index in [2.05, 4.69) is 31.0 Å². The Labute approximate surface area is 235 Å². The highest BCUT2D eigenvalue weighted by Gasteiger charge is 2.32. The molecule has 0 unspecified atom stereocenters. The number of carbonyl (C=O) groups excluding carboxylic acids is 1. The highest BCUT2D eigenvalue weighted by atomic mass is 19.4. The van der Waals surface area contributed by atoms with Crippen LogP contribution < -0.4 is 16.0 Å². The maximum absolute atomic E-state index is 13.5. The lowest BCUT2D eigenvalue weighted by Crippen LogP contribution is -2.25. The molecular weight excluding hydrogens is 557 g/mol. The number of halogens is 5. The van der Waals surface area contributed by atoms with Gasteiger partial charge in [0.1, 0.15) is 17.7 Å². The average Bonchev–Trinajstić information content (AvgIpc) is 3.40. The van der Waals surface area contributed by atoms with Gasteiger partial charge in [0.2, 0.25) is 0 Å². The number of rotatable bonds is 6. The van der Waals surface area contributed by atoms with E-state index in [0.717, 1.165) is 45.7 Å². The number of hydrogen-bond acceptors (Lipinski definition) is 6. The third-order valence-electron chi connectivity index (χ3n) is 6.96. The summed E-state index contributed by atoms with van der Waals surface area (Å²) in [5, 5.41) is 13.0. The number of carbonyl (C=O) groups is 1. The number of pyridine rings is 1. The normalized spacial score (nSPS) is 12.7. The Morgan fingerprint density at radius 2 is 1.76 bits per heavy atom. The average molecular weight is 580 g/mol. The smallest absolute Gasteiger partial charge is 0.368 e. The van der Waals surface area contributed by atoms with Crippen molar-refractivity contribution in [3.63, 3.8) is 0 Å². The zero-order chi connectivity index (χ0) is 29.4. The van der Waals surface area contributed by atoms with Crippen molar-refractivity contribution in [3.05, 3.63) is 107 Å². The largest absolute Gasteiger partial charge is 0.417 e. The van der Waals surface area contributed by atoms with Crippen molar-refractivity contribution < 1.29 is 26.7 Å². The fourth-order valence-electron chi connectivity index (χ4n) is 4.89. The number of alkyl halides is 3. The number of benzene rings is 2. The van der Waals surface area contributed by atoms with Gasteiger partial charge in [-0.05, 0) is 52.9 Å². The summed E-state index contributed by atoms with van der Waals surface area (Å²) in [6.07, 6.45) is -0.0303. The zero-order valence-electron chi connectivity index (χ0n) is 21.8.